The van der Waals surface area contributed by atoms with Crippen LogP contribution in [-0.4, -0.2) is 26.2 Å². The van der Waals surface area contributed by atoms with E-state index in [0.717, 1.165) is 25.9 Å². The zero-order valence-corrected chi connectivity index (χ0v) is 12.6. The normalized spacial score (nSPS) is 14.2. The maximum atomic E-state index is 13.8. The van der Waals surface area contributed by atoms with E-state index in [1.54, 1.807) is 6.07 Å². The van der Waals surface area contributed by atoms with Gasteiger partial charge in [0.25, 0.3) is 0 Å². The van der Waals surface area contributed by atoms with Gasteiger partial charge in [-0.05, 0) is 31.0 Å². The SMILES string of the molecule is CCCNC(CN(C)c1ccccc1F)C(C)CC. The number of likely N-dealkylation sites (N-methyl/N-ethyl adjacent to an activating group) is 1. The number of para-hydroxylation sites is 1. The van der Waals surface area contributed by atoms with Crippen molar-refractivity contribution >= 4 is 5.69 Å². The summed E-state index contributed by atoms with van der Waals surface area (Å²) in [5.41, 5.74) is 0.675. The summed E-state index contributed by atoms with van der Waals surface area (Å²) >= 11 is 0. The Hall–Kier alpha value is -1.09. The van der Waals surface area contributed by atoms with E-state index in [0.29, 0.717) is 17.6 Å². The summed E-state index contributed by atoms with van der Waals surface area (Å²) in [4.78, 5) is 2.01. The molecule has 2 atom stereocenters. The van der Waals surface area contributed by atoms with Crippen molar-refractivity contribution in [2.75, 3.05) is 25.0 Å². The van der Waals surface area contributed by atoms with E-state index in [1.165, 1.54) is 6.07 Å². The molecule has 0 bridgehead atoms. The molecule has 1 aromatic rings. The molecule has 2 nitrogen and oxygen atoms in total. The van der Waals surface area contributed by atoms with Crippen LogP contribution < -0.4 is 10.2 Å². The second kappa shape index (κ2) is 8.16. The summed E-state index contributed by atoms with van der Waals surface area (Å²) in [6, 6.07) is 7.36. The summed E-state index contributed by atoms with van der Waals surface area (Å²) in [5, 5.41) is 3.58. The van der Waals surface area contributed by atoms with Crippen LogP contribution in [0.25, 0.3) is 0 Å². The molecule has 0 aliphatic heterocycles. The van der Waals surface area contributed by atoms with Crippen molar-refractivity contribution < 1.29 is 4.39 Å². The number of hydrogen-bond acceptors (Lipinski definition) is 2. The lowest BCUT2D eigenvalue weighted by Crippen LogP contribution is -2.44. The zero-order valence-electron chi connectivity index (χ0n) is 12.6. The fourth-order valence-electron chi connectivity index (χ4n) is 2.21. The molecule has 0 spiro atoms. The van der Waals surface area contributed by atoms with Crippen LogP contribution in [0.3, 0.4) is 0 Å². The fourth-order valence-corrected chi connectivity index (χ4v) is 2.21. The monoisotopic (exact) mass is 266 g/mol. The van der Waals surface area contributed by atoms with Crippen molar-refractivity contribution in [2.45, 2.75) is 39.7 Å². The van der Waals surface area contributed by atoms with Gasteiger partial charge in [0.05, 0.1) is 5.69 Å². The molecule has 0 radical (unpaired) electrons. The minimum Gasteiger partial charge on any atom is -0.371 e. The van der Waals surface area contributed by atoms with E-state index in [9.17, 15) is 4.39 Å². The van der Waals surface area contributed by atoms with Crippen LogP contribution in [0.2, 0.25) is 0 Å². The predicted molar refractivity (Wildman–Crippen MR) is 81.2 cm³/mol. The summed E-state index contributed by atoms with van der Waals surface area (Å²) in [5.74, 6) is 0.434. The molecule has 0 heterocycles. The highest BCUT2D eigenvalue weighted by atomic mass is 19.1. The third-order valence-electron chi connectivity index (χ3n) is 3.72. The minimum absolute atomic E-state index is 0.150. The molecule has 0 saturated carbocycles. The van der Waals surface area contributed by atoms with E-state index in [4.69, 9.17) is 0 Å². The summed E-state index contributed by atoms with van der Waals surface area (Å²) < 4.78 is 13.8. The quantitative estimate of drug-likeness (QED) is 0.772. The lowest BCUT2D eigenvalue weighted by molar-refractivity contribution is 0.369. The molecule has 2 unspecified atom stereocenters. The lowest BCUT2D eigenvalue weighted by atomic mass is 9.98. The molecule has 1 aromatic carbocycles. The molecule has 1 N–H and O–H groups in total. The lowest BCUT2D eigenvalue weighted by Gasteiger charge is -2.30. The molecular formula is C16H27FN2. The number of hydrogen-bond donors (Lipinski definition) is 1. The van der Waals surface area contributed by atoms with Gasteiger partial charge >= 0.3 is 0 Å². The standard InChI is InChI=1S/C16H27FN2/c1-5-11-18-15(13(3)6-2)12-19(4)16-10-8-7-9-14(16)17/h7-10,13,15,18H,5-6,11-12H2,1-4H3. The molecule has 0 saturated heterocycles. The van der Waals surface area contributed by atoms with Crippen LogP contribution in [-0.2, 0) is 0 Å². The number of rotatable bonds is 8. The van der Waals surface area contributed by atoms with Gasteiger partial charge in [-0.3, -0.25) is 0 Å². The Balaban J connectivity index is 2.70. The minimum atomic E-state index is -0.150. The largest absolute Gasteiger partial charge is 0.371 e. The maximum absolute atomic E-state index is 13.8. The van der Waals surface area contributed by atoms with E-state index in [1.807, 2.05) is 24.1 Å². The average Bonchev–Trinajstić information content (AvgIpc) is 2.42. The second-order valence-corrected chi connectivity index (χ2v) is 5.28. The topological polar surface area (TPSA) is 15.3 Å². The van der Waals surface area contributed by atoms with Crippen LogP contribution in [0.5, 0.6) is 0 Å². The molecule has 1 rings (SSSR count). The highest BCUT2D eigenvalue weighted by Gasteiger charge is 2.18. The van der Waals surface area contributed by atoms with Crippen LogP contribution >= 0.6 is 0 Å². The molecular weight excluding hydrogens is 239 g/mol. The Bertz CT molecular complexity index is 368. The second-order valence-electron chi connectivity index (χ2n) is 5.28. The van der Waals surface area contributed by atoms with Crippen LogP contribution in [0.1, 0.15) is 33.6 Å². The molecule has 108 valence electrons. The van der Waals surface area contributed by atoms with Crippen molar-refractivity contribution in [3.05, 3.63) is 30.1 Å². The zero-order chi connectivity index (χ0) is 14.3. The first kappa shape index (κ1) is 16.0. The Morgan fingerprint density at radius 3 is 2.53 bits per heavy atom. The molecule has 0 amide bonds. The van der Waals surface area contributed by atoms with Crippen molar-refractivity contribution in [2.24, 2.45) is 5.92 Å². The Morgan fingerprint density at radius 2 is 1.95 bits per heavy atom. The number of halogens is 1. The molecule has 0 aliphatic rings. The van der Waals surface area contributed by atoms with Gasteiger partial charge < -0.3 is 10.2 Å². The molecule has 0 aromatic heterocycles. The van der Waals surface area contributed by atoms with Crippen molar-refractivity contribution in [3.63, 3.8) is 0 Å². The van der Waals surface area contributed by atoms with Crippen LogP contribution in [0, 0.1) is 11.7 Å². The first-order valence-corrected chi connectivity index (χ1v) is 7.29. The van der Waals surface area contributed by atoms with Crippen LogP contribution in [0.4, 0.5) is 10.1 Å². The number of benzene rings is 1. The molecule has 3 heteroatoms. The van der Waals surface area contributed by atoms with E-state index >= 15 is 0 Å². The third kappa shape index (κ3) is 4.83. The van der Waals surface area contributed by atoms with Gasteiger partial charge in [0, 0.05) is 19.6 Å². The summed E-state index contributed by atoms with van der Waals surface area (Å²) in [6.45, 7) is 8.47. The fraction of sp³-hybridized carbons (Fsp3) is 0.625. The Labute approximate surface area is 117 Å². The summed E-state index contributed by atoms with van der Waals surface area (Å²) in [7, 11) is 1.96. The number of nitrogens with one attached hydrogen (secondary N) is 1. The third-order valence-corrected chi connectivity index (χ3v) is 3.72. The van der Waals surface area contributed by atoms with Crippen molar-refractivity contribution in [3.8, 4) is 0 Å². The average molecular weight is 266 g/mol. The van der Waals surface area contributed by atoms with Gasteiger partial charge in [-0.25, -0.2) is 4.39 Å². The highest BCUT2D eigenvalue weighted by Crippen LogP contribution is 2.19. The molecule has 0 aliphatic carbocycles. The summed E-state index contributed by atoms with van der Waals surface area (Å²) in [6.07, 6.45) is 2.25. The molecule has 19 heavy (non-hydrogen) atoms. The van der Waals surface area contributed by atoms with E-state index < -0.39 is 0 Å². The Kier molecular flexibility index (Phi) is 6.85. The highest BCUT2D eigenvalue weighted by molar-refractivity contribution is 5.46. The van der Waals surface area contributed by atoms with Crippen molar-refractivity contribution in [1.82, 2.24) is 5.32 Å². The first-order chi connectivity index (χ1) is 9.10. The number of nitrogens with zero attached hydrogens (tertiary/aromatic N) is 1. The predicted octanol–water partition coefficient (Wildman–Crippen LogP) is 3.68. The number of anilines is 1. The van der Waals surface area contributed by atoms with Crippen molar-refractivity contribution in [1.29, 1.82) is 0 Å². The Morgan fingerprint density at radius 1 is 1.26 bits per heavy atom. The maximum Gasteiger partial charge on any atom is 0.146 e. The van der Waals surface area contributed by atoms with E-state index in [-0.39, 0.29) is 5.82 Å². The van der Waals surface area contributed by atoms with Gasteiger partial charge in [-0.15, -0.1) is 0 Å². The van der Waals surface area contributed by atoms with Gasteiger partial charge in [-0.2, -0.15) is 0 Å². The first-order valence-electron chi connectivity index (χ1n) is 7.29. The van der Waals surface area contributed by atoms with Gasteiger partial charge in [-0.1, -0.05) is 39.3 Å². The smallest absolute Gasteiger partial charge is 0.146 e. The van der Waals surface area contributed by atoms with Crippen LogP contribution in [0.15, 0.2) is 24.3 Å². The van der Waals surface area contributed by atoms with E-state index in [2.05, 4.69) is 26.1 Å². The molecule has 0 fully saturated rings. The van der Waals surface area contributed by atoms with Gasteiger partial charge in [0.2, 0.25) is 0 Å². The van der Waals surface area contributed by atoms with Gasteiger partial charge in [0.15, 0.2) is 0 Å². The van der Waals surface area contributed by atoms with Gasteiger partial charge in [0.1, 0.15) is 5.82 Å².